The van der Waals surface area contributed by atoms with E-state index in [2.05, 4.69) is 16.8 Å². The van der Waals surface area contributed by atoms with Gasteiger partial charge in [0.25, 0.3) is 0 Å². The minimum Gasteiger partial charge on any atom is -0.473 e. The number of carboxylic acids is 2. The third-order valence-corrected chi connectivity index (χ3v) is 3.68. The number of aliphatic carboxylic acids is 2. The van der Waals surface area contributed by atoms with Crippen molar-refractivity contribution in [2.75, 3.05) is 33.2 Å². The van der Waals surface area contributed by atoms with Gasteiger partial charge in [-0.05, 0) is 44.3 Å². The number of benzene rings is 1. The summed E-state index contributed by atoms with van der Waals surface area (Å²) in [6.07, 6.45) is -3.14. The van der Waals surface area contributed by atoms with Crippen LogP contribution >= 0.6 is 0 Å². The van der Waals surface area contributed by atoms with Crippen LogP contribution in [0.4, 0.5) is 13.2 Å². The molecule has 2 rings (SSSR count). The Morgan fingerprint density at radius 2 is 1.56 bits per heavy atom. The van der Waals surface area contributed by atoms with Crippen molar-refractivity contribution in [2.45, 2.75) is 19.1 Å². The van der Waals surface area contributed by atoms with Gasteiger partial charge in [0.1, 0.15) is 0 Å². The first kappa shape index (κ1) is 20.9. The third kappa shape index (κ3) is 7.99. The van der Waals surface area contributed by atoms with E-state index >= 15 is 0 Å². The number of carboxylic acid groups (broad SMARTS) is 2. The van der Waals surface area contributed by atoms with Gasteiger partial charge in [-0.1, -0.05) is 12.1 Å². The first-order chi connectivity index (χ1) is 11.6. The Kier molecular flexibility index (Phi) is 7.85. The fourth-order valence-electron chi connectivity index (χ4n) is 2.32. The smallest absolute Gasteiger partial charge is 0.416 e. The standard InChI is InChI=1S/C14H19F3N2.C2H2O4/c1-18-7-2-8-19(10-9-18)11-12-3-5-13(6-4-12)14(15,16)17;3-1(4)2(5)6/h3-6H,2,7-11H2,1H3;(H,3,4)(H,5,6). The quantitative estimate of drug-likeness (QED) is 0.784. The molecule has 0 radical (unpaired) electrons. The molecule has 0 bridgehead atoms. The second kappa shape index (κ2) is 9.38. The number of hydrogen-bond donors (Lipinski definition) is 2. The maximum atomic E-state index is 12.5. The van der Waals surface area contributed by atoms with Crippen molar-refractivity contribution in [3.63, 3.8) is 0 Å². The normalized spacial score (nSPS) is 16.5. The molecule has 1 aliphatic rings. The van der Waals surface area contributed by atoms with Crippen molar-refractivity contribution in [2.24, 2.45) is 0 Å². The highest BCUT2D eigenvalue weighted by Gasteiger charge is 2.29. The zero-order chi connectivity index (χ0) is 19.0. The van der Waals surface area contributed by atoms with Crippen molar-refractivity contribution >= 4 is 11.9 Å². The minimum atomic E-state index is -4.25. The molecule has 9 heteroatoms. The number of likely N-dealkylation sites (N-methyl/N-ethyl adjacent to an activating group) is 1. The fraction of sp³-hybridized carbons (Fsp3) is 0.500. The van der Waals surface area contributed by atoms with Gasteiger partial charge < -0.3 is 15.1 Å². The summed E-state index contributed by atoms with van der Waals surface area (Å²) in [4.78, 5) is 22.8. The van der Waals surface area contributed by atoms with Gasteiger partial charge in [-0.2, -0.15) is 13.2 Å². The number of halogens is 3. The van der Waals surface area contributed by atoms with E-state index in [0.29, 0.717) is 0 Å². The second-order valence-electron chi connectivity index (χ2n) is 5.74. The van der Waals surface area contributed by atoms with Gasteiger partial charge in [0.2, 0.25) is 0 Å². The molecule has 0 unspecified atom stereocenters. The van der Waals surface area contributed by atoms with Crippen LogP contribution in [0.2, 0.25) is 0 Å². The van der Waals surface area contributed by atoms with Gasteiger partial charge in [0.05, 0.1) is 5.56 Å². The SMILES string of the molecule is CN1CCCN(Cc2ccc(C(F)(F)F)cc2)CC1.O=C(O)C(=O)O. The van der Waals surface area contributed by atoms with Gasteiger partial charge in [-0.25, -0.2) is 9.59 Å². The molecular formula is C16H21F3N2O4. The number of rotatable bonds is 2. The van der Waals surface area contributed by atoms with Crippen LogP contribution in [-0.4, -0.2) is 65.2 Å². The zero-order valence-corrected chi connectivity index (χ0v) is 13.8. The molecule has 6 nitrogen and oxygen atoms in total. The van der Waals surface area contributed by atoms with E-state index < -0.39 is 23.7 Å². The summed E-state index contributed by atoms with van der Waals surface area (Å²) in [6, 6.07) is 5.49. The first-order valence-corrected chi connectivity index (χ1v) is 7.63. The predicted molar refractivity (Wildman–Crippen MR) is 84.1 cm³/mol. The summed E-state index contributed by atoms with van der Waals surface area (Å²) >= 11 is 0. The number of alkyl halides is 3. The Labute approximate surface area is 143 Å². The Balaban J connectivity index is 0.000000450. The lowest BCUT2D eigenvalue weighted by molar-refractivity contribution is -0.159. The molecule has 1 aliphatic heterocycles. The monoisotopic (exact) mass is 362 g/mol. The largest absolute Gasteiger partial charge is 0.473 e. The van der Waals surface area contributed by atoms with E-state index in [1.54, 1.807) is 12.1 Å². The first-order valence-electron chi connectivity index (χ1n) is 7.63. The Bertz CT molecular complexity index is 564. The van der Waals surface area contributed by atoms with E-state index in [1.807, 2.05) is 0 Å². The Morgan fingerprint density at radius 3 is 2.04 bits per heavy atom. The Morgan fingerprint density at radius 1 is 1.00 bits per heavy atom. The fourth-order valence-corrected chi connectivity index (χ4v) is 2.32. The topological polar surface area (TPSA) is 81.1 Å². The lowest BCUT2D eigenvalue weighted by atomic mass is 10.1. The Hall–Kier alpha value is -2.13. The average molecular weight is 362 g/mol. The van der Waals surface area contributed by atoms with Gasteiger partial charge in [-0.15, -0.1) is 0 Å². The molecule has 1 aromatic rings. The lowest BCUT2D eigenvalue weighted by Gasteiger charge is -2.20. The molecule has 0 aliphatic carbocycles. The summed E-state index contributed by atoms with van der Waals surface area (Å²) < 4.78 is 37.4. The maximum absolute atomic E-state index is 12.5. The summed E-state index contributed by atoms with van der Waals surface area (Å²) in [7, 11) is 2.10. The van der Waals surface area contributed by atoms with E-state index in [9.17, 15) is 13.2 Å². The molecule has 1 saturated heterocycles. The van der Waals surface area contributed by atoms with Crippen molar-refractivity contribution in [1.29, 1.82) is 0 Å². The van der Waals surface area contributed by atoms with Gasteiger partial charge in [0, 0.05) is 19.6 Å². The molecule has 25 heavy (non-hydrogen) atoms. The molecule has 140 valence electrons. The van der Waals surface area contributed by atoms with Crippen molar-refractivity contribution in [3.8, 4) is 0 Å². The number of nitrogens with zero attached hydrogens (tertiary/aromatic N) is 2. The van der Waals surface area contributed by atoms with Gasteiger partial charge >= 0.3 is 18.1 Å². The van der Waals surface area contributed by atoms with E-state index in [4.69, 9.17) is 19.8 Å². The molecule has 1 fully saturated rings. The number of hydrogen-bond acceptors (Lipinski definition) is 4. The van der Waals surface area contributed by atoms with Crippen molar-refractivity contribution in [3.05, 3.63) is 35.4 Å². The molecule has 2 N–H and O–H groups in total. The minimum absolute atomic E-state index is 0.577. The molecule has 1 aromatic carbocycles. The van der Waals surface area contributed by atoms with E-state index in [-0.39, 0.29) is 0 Å². The number of carbonyl (C=O) groups is 2. The van der Waals surface area contributed by atoms with E-state index in [0.717, 1.165) is 44.7 Å². The summed E-state index contributed by atoms with van der Waals surface area (Å²) in [5, 5.41) is 14.8. The average Bonchev–Trinajstić information content (AvgIpc) is 2.72. The van der Waals surface area contributed by atoms with Crippen LogP contribution in [0.5, 0.6) is 0 Å². The highest BCUT2D eigenvalue weighted by atomic mass is 19.4. The molecule has 0 amide bonds. The molecule has 0 saturated carbocycles. The molecular weight excluding hydrogens is 341 g/mol. The van der Waals surface area contributed by atoms with Crippen LogP contribution in [0, 0.1) is 0 Å². The summed E-state index contributed by atoms with van der Waals surface area (Å²) in [5.74, 6) is -3.65. The highest BCUT2D eigenvalue weighted by molar-refractivity contribution is 6.27. The molecule has 0 aromatic heterocycles. The van der Waals surface area contributed by atoms with Crippen LogP contribution < -0.4 is 0 Å². The maximum Gasteiger partial charge on any atom is 0.416 e. The van der Waals surface area contributed by atoms with Crippen molar-refractivity contribution < 1.29 is 33.0 Å². The van der Waals surface area contributed by atoms with Crippen LogP contribution in [0.1, 0.15) is 17.5 Å². The zero-order valence-electron chi connectivity index (χ0n) is 13.8. The second-order valence-corrected chi connectivity index (χ2v) is 5.74. The summed E-state index contributed by atoms with van der Waals surface area (Å²) in [6.45, 7) is 4.80. The van der Waals surface area contributed by atoms with Crippen LogP contribution in [0.3, 0.4) is 0 Å². The van der Waals surface area contributed by atoms with Gasteiger partial charge in [-0.3, -0.25) is 4.90 Å². The van der Waals surface area contributed by atoms with Crippen LogP contribution in [0.15, 0.2) is 24.3 Å². The predicted octanol–water partition coefficient (Wildman–Crippen LogP) is 2.00. The van der Waals surface area contributed by atoms with Crippen LogP contribution in [0.25, 0.3) is 0 Å². The van der Waals surface area contributed by atoms with E-state index in [1.165, 1.54) is 12.1 Å². The van der Waals surface area contributed by atoms with Crippen LogP contribution in [-0.2, 0) is 22.3 Å². The summed E-state index contributed by atoms with van der Waals surface area (Å²) in [5.41, 5.74) is 0.365. The highest BCUT2D eigenvalue weighted by Crippen LogP contribution is 2.29. The van der Waals surface area contributed by atoms with Gasteiger partial charge in [0.15, 0.2) is 0 Å². The van der Waals surface area contributed by atoms with Crippen molar-refractivity contribution in [1.82, 2.24) is 9.80 Å². The molecule has 0 atom stereocenters. The molecule has 0 spiro atoms. The third-order valence-electron chi connectivity index (χ3n) is 3.68. The molecule has 1 heterocycles. The lowest BCUT2D eigenvalue weighted by Crippen LogP contribution is -2.28.